The average molecular weight is 499 g/mol. The zero-order valence-corrected chi connectivity index (χ0v) is 19.8. The zero-order chi connectivity index (χ0) is 25.1. The first-order valence-corrected chi connectivity index (χ1v) is 11.6. The molecule has 0 aromatic heterocycles. The fraction of sp³-hybridized carbons (Fsp3) is 0.250. The van der Waals surface area contributed by atoms with Gasteiger partial charge in [-0.2, -0.15) is 0 Å². The van der Waals surface area contributed by atoms with Crippen LogP contribution in [0.4, 0.5) is 8.78 Å². The van der Waals surface area contributed by atoms with Crippen LogP contribution in [0.2, 0.25) is 5.02 Å². The van der Waals surface area contributed by atoms with Crippen LogP contribution in [-0.2, 0) is 9.53 Å². The maximum absolute atomic E-state index is 14.4. The van der Waals surface area contributed by atoms with Crippen LogP contribution in [0.15, 0.2) is 78.9 Å². The highest BCUT2D eigenvalue weighted by Gasteiger charge is 2.41. The van der Waals surface area contributed by atoms with Gasteiger partial charge in [-0.25, -0.2) is 13.6 Å². The van der Waals surface area contributed by atoms with E-state index in [1.807, 2.05) is 25.1 Å². The van der Waals surface area contributed by atoms with Crippen LogP contribution in [0.25, 0.3) is 0 Å². The SMILES string of the molecule is C=C(C)[C@H]1C[C@H](c2cccc(Cl)c2)[C@H](c2ccc(F)cc2)O[C@@H]1c1cc(F)ccc1OCC(=O)O. The predicted molar refractivity (Wildman–Crippen MR) is 130 cm³/mol. The van der Waals surface area contributed by atoms with Crippen molar-refractivity contribution < 1.29 is 28.2 Å². The largest absolute Gasteiger partial charge is 0.482 e. The summed E-state index contributed by atoms with van der Waals surface area (Å²) >= 11 is 6.29. The first-order valence-electron chi connectivity index (χ1n) is 11.2. The van der Waals surface area contributed by atoms with Gasteiger partial charge in [-0.05, 0) is 66.9 Å². The first-order chi connectivity index (χ1) is 16.7. The summed E-state index contributed by atoms with van der Waals surface area (Å²) in [5.74, 6) is -2.16. The van der Waals surface area contributed by atoms with Gasteiger partial charge in [0.2, 0.25) is 0 Å². The van der Waals surface area contributed by atoms with E-state index in [1.165, 1.54) is 30.3 Å². The molecule has 1 heterocycles. The number of carboxylic acid groups (broad SMARTS) is 1. The Bertz CT molecular complexity index is 1230. The summed E-state index contributed by atoms with van der Waals surface area (Å²) in [5, 5.41) is 9.67. The van der Waals surface area contributed by atoms with Gasteiger partial charge in [0.1, 0.15) is 17.4 Å². The second-order valence-corrected chi connectivity index (χ2v) is 9.18. The highest BCUT2D eigenvalue weighted by molar-refractivity contribution is 6.30. The summed E-state index contributed by atoms with van der Waals surface area (Å²) in [4.78, 5) is 11.1. The number of halogens is 3. The highest BCUT2D eigenvalue weighted by Crippen LogP contribution is 2.53. The molecule has 0 unspecified atom stereocenters. The molecule has 0 amide bonds. The normalized spacial score (nSPS) is 21.9. The van der Waals surface area contributed by atoms with Gasteiger partial charge in [0.15, 0.2) is 6.61 Å². The molecule has 1 aliphatic heterocycles. The molecule has 182 valence electrons. The lowest BCUT2D eigenvalue weighted by Crippen LogP contribution is -2.32. The molecule has 0 aliphatic carbocycles. The summed E-state index contributed by atoms with van der Waals surface area (Å²) in [5.41, 5.74) is 2.94. The van der Waals surface area contributed by atoms with Crippen molar-refractivity contribution in [2.75, 3.05) is 6.61 Å². The van der Waals surface area contributed by atoms with E-state index in [9.17, 15) is 13.6 Å². The van der Waals surface area contributed by atoms with Crippen molar-refractivity contribution >= 4 is 17.6 Å². The first kappa shape index (κ1) is 24.9. The van der Waals surface area contributed by atoms with E-state index >= 15 is 0 Å². The van der Waals surface area contributed by atoms with Crippen LogP contribution in [0, 0.1) is 17.6 Å². The molecule has 4 rings (SSSR count). The summed E-state index contributed by atoms with van der Waals surface area (Å²) < 4.78 is 40.2. The van der Waals surface area contributed by atoms with Gasteiger partial charge in [0.05, 0.1) is 12.2 Å². The lowest BCUT2D eigenvalue weighted by atomic mass is 9.74. The number of hydrogen-bond acceptors (Lipinski definition) is 3. The fourth-order valence-corrected chi connectivity index (χ4v) is 4.84. The summed E-state index contributed by atoms with van der Waals surface area (Å²) in [6.45, 7) is 5.46. The van der Waals surface area contributed by atoms with Crippen molar-refractivity contribution in [3.63, 3.8) is 0 Å². The summed E-state index contributed by atoms with van der Waals surface area (Å²) in [6.07, 6.45) is -0.584. The van der Waals surface area contributed by atoms with E-state index in [2.05, 4.69) is 6.58 Å². The number of carbonyl (C=O) groups is 1. The van der Waals surface area contributed by atoms with Crippen molar-refractivity contribution in [1.82, 2.24) is 0 Å². The van der Waals surface area contributed by atoms with Crippen molar-refractivity contribution in [2.24, 2.45) is 5.92 Å². The Morgan fingerprint density at radius 1 is 1.06 bits per heavy atom. The second kappa shape index (κ2) is 10.6. The Hall–Kier alpha value is -3.22. The van der Waals surface area contributed by atoms with Crippen LogP contribution in [0.3, 0.4) is 0 Å². The number of ether oxygens (including phenoxy) is 2. The van der Waals surface area contributed by atoms with Gasteiger partial charge < -0.3 is 14.6 Å². The molecule has 3 aromatic rings. The molecule has 1 aliphatic rings. The van der Waals surface area contributed by atoms with Crippen LogP contribution in [0.1, 0.15) is 48.2 Å². The zero-order valence-electron chi connectivity index (χ0n) is 19.1. The highest BCUT2D eigenvalue weighted by atomic mass is 35.5. The van der Waals surface area contributed by atoms with Crippen LogP contribution in [0.5, 0.6) is 5.75 Å². The molecule has 0 spiro atoms. The van der Waals surface area contributed by atoms with Gasteiger partial charge in [-0.3, -0.25) is 0 Å². The minimum Gasteiger partial charge on any atom is -0.482 e. The summed E-state index contributed by atoms with van der Waals surface area (Å²) in [7, 11) is 0. The molecule has 0 saturated carbocycles. The van der Waals surface area contributed by atoms with Gasteiger partial charge in [-0.15, -0.1) is 0 Å². The van der Waals surface area contributed by atoms with Crippen LogP contribution >= 0.6 is 11.6 Å². The lowest BCUT2D eigenvalue weighted by Gasteiger charge is -2.43. The Kier molecular flexibility index (Phi) is 7.53. The molecular formula is C28H25ClF2O4. The van der Waals surface area contributed by atoms with Gasteiger partial charge in [-0.1, -0.05) is 48.0 Å². The van der Waals surface area contributed by atoms with E-state index in [1.54, 1.807) is 18.2 Å². The third-order valence-electron chi connectivity index (χ3n) is 6.27. The molecule has 1 fully saturated rings. The number of carboxylic acids is 1. The van der Waals surface area contributed by atoms with Crippen LogP contribution < -0.4 is 4.74 Å². The van der Waals surface area contributed by atoms with E-state index in [-0.39, 0.29) is 23.4 Å². The summed E-state index contributed by atoms with van der Waals surface area (Å²) in [6, 6.07) is 17.5. The van der Waals surface area contributed by atoms with Gasteiger partial charge >= 0.3 is 5.97 Å². The molecule has 4 nitrogen and oxygen atoms in total. The number of aliphatic carboxylic acids is 1. The third-order valence-corrected chi connectivity index (χ3v) is 6.50. The standard InChI is InChI=1S/C28H25ClF2O4/c1-16(2)22-14-23(18-4-3-5-19(29)12-18)27(17-6-8-20(30)9-7-17)35-28(22)24-13-21(31)10-11-25(24)34-15-26(32)33/h3-13,22-23,27-28H,1,14-15H2,2H3,(H,32,33)/t22-,23-,27+,28+/m1/s1. The fourth-order valence-electron chi connectivity index (χ4n) is 4.64. The Balaban J connectivity index is 1.81. The Morgan fingerprint density at radius 2 is 1.77 bits per heavy atom. The molecule has 7 heteroatoms. The number of hydrogen-bond donors (Lipinski definition) is 1. The van der Waals surface area contributed by atoms with E-state index in [0.717, 1.165) is 16.7 Å². The minimum atomic E-state index is -1.15. The molecular weight excluding hydrogens is 474 g/mol. The number of benzene rings is 3. The topological polar surface area (TPSA) is 55.8 Å². The van der Waals surface area contributed by atoms with Gasteiger partial charge in [0.25, 0.3) is 0 Å². The van der Waals surface area contributed by atoms with E-state index in [0.29, 0.717) is 17.0 Å². The van der Waals surface area contributed by atoms with E-state index in [4.69, 9.17) is 26.2 Å². The lowest BCUT2D eigenvalue weighted by molar-refractivity contribution is -0.139. The molecule has 1 N–H and O–H groups in total. The molecule has 35 heavy (non-hydrogen) atoms. The molecule has 4 atom stereocenters. The van der Waals surface area contributed by atoms with Gasteiger partial charge in [0, 0.05) is 22.4 Å². The van der Waals surface area contributed by atoms with Crippen molar-refractivity contribution in [1.29, 1.82) is 0 Å². The third kappa shape index (κ3) is 5.72. The maximum Gasteiger partial charge on any atom is 0.341 e. The molecule has 3 aromatic carbocycles. The van der Waals surface area contributed by atoms with Crippen LogP contribution in [-0.4, -0.2) is 17.7 Å². The average Bonchev–Trinajstić information content (AvgIpc) is 2.83. The van der Waals surface area contributed by atoms with Crippen molar-refractivity contribution in [3.8, 4) is 5.75 Å². The van der Waals surface area contributed by atoms with E-state index < -0.39 is 30.6 Å². The smallest absolute Gasteiger partial charge is 0.341 e. The predicted octanol–water partition coefficient (Wildman–Crippen LogP) is 7.26. The minimum absolute atomic E-state index is 0.144. The second-order valence-electron chi connectivity index (χ2n) is 8.74. The Morgan fingerprint density at radius 3 is 2.43 bits per heavy atom. The van der Waals surface area contributed by atoms with Crippen molar-refractivity contribution in [2.45, 2.75) is 31.5 Å². The molecule has 0 bridgehead atoms. The monoisotopic (exact) mass is 498 g/mol. The number of rotatable bonds is 7. The van der Waals surface area contributed by atoms with Crippen molar-refractivity contribution in [3.05, 3.63) is 112 Å². The quantitative estimate of drug-likeness (QED) is 0.348. The Labute approximate surface area is 207 Å². The molecule has 1 saturated heterocycles. The maximum atomic E-state index is 14.4. The molecule has 0 radical (unpaired) electrons.